The molecule has 10 heteroatoms. The summed E-state index contributed by atoms with van der Waals surface area (Å²) in [5.74, 6) is 2.47. The maximum absolute atomic E-state index is 12.6. The molecule has 0 aliphatic carbocycles. The maximum atomic E-state index is 12.6. The van der Waals surface area contributed by atoms with Crippen molar-refractivity contribution in [1.82, 2.24) is 25.2 Å². The molecule has 2 aromatic heterocycles. The van der Waals surface area contributed by atoms with Gasteiger partial charge in [0.05, 0.1) is 20.8 Å². The largest absolute Gasteiger partial charge is 0.497 e. The quantitative estimate of drug-likeness (QED) is 0.433. The highest BCUT2D eigenvalue weighted by molar-refractivity contribution is 7.99. The van der Waals surface area contributed by atoms with Gasteiger partial charge in [0.1, 0.15) is 22.3 Å². The minimum Gasteiger partial charge on any atom is -0.497 e. The standard InChI is InChI=1S/C22H21N5O4S/c1-14-12-20(26-31-14)32-22-25-24-19(27(22)16-6-10-18(30-3)11-7-16)13-23-21(28)15-4-8-17(29-2)9-5-15/h4-12H,13H2,1-3H3,(H,23,28). The Morgan fingerprint density at radius 3 is 2.28 bits per heavy atom. The van der Waals surface area contributed by atoms with E-state index in [0.29, 0.717) is 33.1 Å². The second-order valence-corrected chi connectivity index (χ2v) is 7.71. The third kappa shape index (κ3) is 4.75. The number of amides is 1. The second-order valence-electron chi connectivity index (χ2n) is 6.72. The number of hydrogen-bond donors (Lipinski definition) is 1. The molecule has 164 valence electrons. The van der Waals surface area contributed by atoms with Crippen LogP contribution in [0.3, 0.4) is 0 Å². The zero-order valence-electron chi connectivity index (χ0n) is 17.7. The van der Waals surface area contributed by atoms with Crippen molar-refractivity contribution in [3.05, 3.63) is 71.7 Å². The molecular formula is C22H21N5O4S. The molecule has 0 bridgehead atoms. The number of nitrogens with one attached hydrogen (secondary N) is 1. The van der Waals surface area contributed by atoms with Gasteiger partial charge in [-0.25, -0.2) is 0 Å². The van der Waals surface area contributed by atoms with Crippen molar-refractivity contribution in [2.75, 3.05) is 14.2 Å². The highest BCUT2D eigenvalue weighted by atomic mass is 32.2. The van der Waals surface area contributed by atoms with E-state index in [1.807, 2.05) is 41.8 Å². The number of methoxy groups -OCH3 is 2. The number of benzene rings is 2. The topological polar surface area (TPSA) is 104 Å². The van der Waals surface area contributed by atoms with Gasteiger partial charge in [-0.05, 0) is 67.2 Å². The number of rotatable bonds is 8. The predicted molar refractivity (Wildman–Crippen MR) is 117 cm³/mol. The first kappa shape index (κ1) is 21.4. The fourth-order valence-electron chi connectivity index (χ4n) is 2.96. The summed E-state index contributed by atoms with van der Waals surface area (Å²) in [6.45, 7) is 2.01. The fourth-order valence-corrected chi connectivity index (χ4v) is 3.83. The molecule has 1 N–H and O–H groups in total. The number of carbonyl (C=O) groups excluding carboxylic acids is 1. The molecule has 2 heterocycles. The number of aromatic nitrogens is 4. The molecule has 0 aliphatic heterocycles. The van der Waals surface area contributed by atoms with Crippen molar-refractivity contribution in [2.24, 2.45) is 0 Å². The molecule has 0 unspecified atom stereocenters. The van der Waals surface area contributed by atoms with E-state index in [9.17, 15) is 4.79 Å². The molecule has 0 fully saturated rings. The summed E-state index contributed by atoms with van der Waals surface area (Å²) in [5.41, 5.74) is 1.35. The van der Waals surface area contributed by atoms with E-state index >= 15 is 0 Å². The average molecular weight is 452 g/mol. The van der Waals surface area contributed by atoms with Gasteiger partial charge in [-0.1, -0.05) is 5.16 Å². The zero-order chi connectivity index (χ0) is 22.5. The molecule has 4 aromatic rings. The SMILES string of the molecule is COc1ccc(C(=O)NCc2nnc(Sc3cc(C)on3)n2-c2ccc(OC)cc2)cc1. The maximum Gasteiger partial charge on any atom is 0.251 e. The Labute approximate surface area is 188 Å². The Kier molecular flexibility index (Phi) is 6.41. The van der Waals surface area contributed by atoms with Crippen molar-refractivity contribution in [3.8, 4) is 17.2 Å². The minimum atomic E-state index is -0.224. The Bertz CT molecular complexity index is 1200. The molecule has 0 saturated carbocycles. The molecule has 32 heavy (non-hydrogen) atoms. The van der Waals surface area contributed by atoms with Crippen LogP contribution in [-0.4, -0.2) is 40.0 Å². The molecule has 0 aliphatic rings. The third-order valence-electron chi connectivity index (χ3n) is 4.59. The van der Waals surface area contributed by atoms with Crippen LogP contribution in [-0.2, 0) is 6.54 Å². The first-order valence-electron chi connectivity index (χ1n) is 9.69. The summed E-state index contributed by atoms with van der Waals surface area (Å²) in [6, 6.07) is 16.2. The molecule has 0 saturated heterocycles. The van der Waals surface area contributed by atoms with E-state index in [2.05, 4.69) is 20.7 Å². The molecule has 0 spiro atoms. The second kappa shape index (κ2) is 9.56. The van der Waals surface area contributed by atoms with E-state index in [1.165, 1.54) is 11.8 Å². The van der Waals surface area contributed by atoms with Gasteiger partial charge in [0.2, 0.25) is 5.16 Å². The first-order chi connectivity index (χ1) is 15.6. The highest BCUT2D eigenvalue weighted by Gasteiger charge is 2.18. The molecule has 0 radical (unpaired) electrons. The van der Waals surface area contributed by atoms with Crippen molar-refractivity contribution in [3.63, 3.8) is 0 Å². The lowest BCUT2D eigenvalue weighted by Gasteiger charge is -2.11. The fraction of sp³-hybridized carbons (Fsp3) is 0.182. The summed E-state index contributed by atoms with van der Waals surface area (Å²) < 4.78 is 17.4. The summed E-state index contributed by atoms with van der Waals surface area (Å²) in [6.07, 6.45) is 0. The summed E-state index contributed by atoms with van der Waals surface area (Å²) in [5, 5.41) is 16.8. The van der Waals surface area contributed by atoms with E-state index in [-0.39, 0.29) is 12.5 Å². The number of ether oxygens (including phenoxy) is 2. The normalized spacial score (nSPS) is 10.7. The molecule has 0 atom stereocenters. The first-order valence-corrected chi connectivity index (χ1v) is 10.5. The number of nitrogens with zero attached hydrogens (tertiary/aromatic N) is 4. The lowest BCUT2D eigenvalue weighted by molar-refractivity contribution is 0.0949. The summed E-state index contributed by atoms with van der Waals surface area (Å²) in [4.78, 5) is 12.6. The van der Waals surface area contributed by atoms with Gasteiger partial charge in [0.25, 0.3) is 5.91 Å². The van der Waals surface area contributed by atoms with Gasteiger partial charge in [0.15, 0.2) is 5.82 Å². The van der Waals surface area contributed by atoms with E-state index in [0.717, 1.165) is 11.4 Å². The van der Waals surface area contributed by atoms with E-state index in [4.69, 9.17) is 14.0 Å². The van der Waals surface area contributed by atoms with Gasteiger partial charge in [-0.15, -0.1) is 10.2 Å². The van der Waals surface area contributed by atoms with Crippen molar-refractivity contribution in [2.45, 2.75) is 23.7 Å². The van der Waals surface area contributed by atoms with Crippen LogP contribution in [0.2, 0.25) is 0 Å². The Morgan fingerprint density at radius 1 is 1.03 bits per heavy atom. The lowest BCUT2D eigenvalue weighted by Crippen LogP contribution is -2.24. The smallest absolute Gasteiger partial charge is 0.251 e. The number of carbonyl (C=O) groups is 1. The van der Waals surface area contributed by atoms with Gasteiger partial charge < -0.3 is 19.3 Å². The molecule has 2 aromatic carbocycles. The van der Waals surface area contributed by atoms with Gasteiger partial charge in [0, 0.05) is 17.3 Å². The van der Waals surface area contributed by atoms with Crippen LogP contribution in [0.15, 0.2) is 69.3 Å². The molecule has 9 nitrogen and oxygen atoms in total. The number of hydrogen-bond acceptors (Lipinski definition) is 8. The van der Waals surface area contributed by atoms with Crippen LogP contribution in [0, 0.1) is 6.92 Å². The van der Waals surface area contributed by atoms with E-state index in [1.54, 1.807) is 38.5 Å². The van der Waals surface area contributed by atoms with Gasteiger partial charge >= 0.3 is 0 Å². The summed E-state index contributed by atoms with van der Waals surface area (Å²) in [7, 11) is 3.19. The van der Waals surface area contributed by atoms with Crippen LogP contribution in [0.4, 0.5) is 0 Å². The van der Waals surface area contributed by atoms with Crippen molar-refractivity contribution < 1.29 is 18.8 Å². The Hall–Kier alpha value is -3.79. The van der Waals surface area contributed by atoms with Gasteiger partial charge in [-0.3, -0.25) is 9.36 Å². The van der Waals surface area contributed by atoms with E-state index < -0.39 is 0 Å². The van der Waals surface area contributed by atoms with Crippen LogP contribution in [0.25, 0.3) is 5.69 Å². The molecule has 1 amide bonds. The third-order valence-corrected chi connectivity index (χ3v) is 5.44. The predicted octanol–water partition coefficient (Wildman–Crippen LogP) is 3.66. The zero-order valence-corrected chi connectivity index (χ0v) is 18.5. The lowest BCUT2D eigenvalue weighted by atomic mass is 10.2. The minimum absolute atomic E-state index is 0.183. The monoisotopic (exact) mass is 451 g/mol. The number of aryl methyl sites for hydroxylation is 1. The Balaban J connectivity index is 1.59. The van der Waals surface area contributed by atoms with Crippen LogP contribution in [0.1, 0.15) is 21.9 Å². The summed E-state index contributed by atoms with van der Waals surface area (Å²) >= 11 is 1.32. The van der Waals surface area contributed by atoms with Crippen molar-refractivity contribution in [1.29, 1.82) is 0 Å². The highest BCUT2D eigenvalue weighted by Crippen LogP contribution is 2.29. The van der Waals surface area contributed by atoms with Crippen molar-refractivity contribution >= 4 is 17.7 Å². The Morgan fingerprint density at radius 2 is 1.69 bits per heavy atom. The average Bonchev–Trinajstić information content (AvgIpc) is 3.43. The van der Waals surface area contributed by atoms with Crippen LogP contribution in [0.5, 0.6) is 11.5 Å². The van der Waals surface area contributed by atoms with Crippen LogP contribution < -0.4 is 14.8 Å². The van der Waals surface area contributed by atoms with Crippen LogP contribution >= 0.6 is 11.8 Å². The molecule has 4 rings (SSSR count). The molecular weight excluding hydrogens is 430 g/mol. The van der Waals surface area contributed by atoms with Gasteiger partial charge in [-0.2, -0.15) is 0 Å².